The summed E-state index contributed by atoms with van der Waals surface area (Å²) in [7, 11) is -3.40. The summed E-state index contributed by atoms with van der Waals surface area (Å²) in [6.45, 7) is 1.71. The Bertz CT molecular complexity index is 443. The lowest BCUT2D eigenvalue weighted by atomic mass is 10.2. The van der Waals surface area contributed by atoms with Gasteiger partial charge in [-0.15, -0.1) is 0 Å². The van der Waals surface area contributed by atoms with Gasteiger partial charge >= 0.3 is 0 Å². The van der Waals surface area contributed by atoms with E-state index >= 15 is 0 Å². The molecule has 1 rings (SSSR count). The van der Waals surface area contributed by atoms with E-state index in [4.69, 9.17) is 5.26 Å². The Morgan fingerprint density at radius 3 is 2.54 bits per heavy atom. The standard InChI is InChI=1S/C9H9NO2S/c1-8-4-2-3-5-9(8)13(11,12)7-6-10/h2-5H,7H2,1H3. The van der Waals surface area contributed by atoms with Crippen LogP contribution in [-0.2, 0) is 9.84 Å². The molecule has 0 aliphatic rings. The highest BCUT2D eigenvalue weighted by Crippen LogP contribution is 2.15. The number of hydrogen-bond acceptors (Lipinski definition) is 3. The number of nitriles is 1. The maximum absolute atomic E-state index is 11.4. The second-order valence-corrected chi connectivity index (χ2v) is 4.64. The normalized spacial score (nSPS) is 10.8. The molecule has 3 nitrogen and oxygen atoms in total. The van der Waals surface area contributed by atoms with E-state index in [0.29, 0.717) is 5.56 Å². The molecule has 1 aromatic carbocycles. The van der Waals surface area contributed by atoms with E-state index in [2.05, 4.69) is 0 Å². The molecule has 13 heavy (non-hydrogen) atoms. The van der Waals surface area contributed by atoms with Crippen LogP contribution in [0.4, 0.5) is 0 Å². The first-order valence-corrected chi connectivity index (χ1v) is 5.38. The first-order chi connectivity index (χ1) is 6.08. The molecular weight excluding hydrogens is 186 g/mol. The van der Waals surface area contributed by atoms with Gasteiger partial charge in [-0.25, -0.2) is 8.42 Å². The van der Waals surface area contributed by atoms with Crippen LogP contribution in [0.3, 0.4) is 0 Å². The first kappa shape index (κ1) is 9.75. The van der Waals surface area contributed by atoms with Crippen molar-refractivity contribution >= 4 is 9.84 Å². The Labute approximate surface area is 77.5 Å². The Balaban J connectivity index is 3.25. The molecule has 0 atom stereocenters. The number of aryl methyl sites for hydroxylation is 1. The zero-order valence-electron chi connectivity index (χ0n) is 7.19. The Kier molecular flexibility index (Phi) is 2.69. The van der Waals surface area contributed by atoms with Crippen molar-refractivity contribution in [2.45, 2.75) is 11.8 Å². The lowest BCUT2D eigenvalue weighted by Crippen LogP contribution is -2.06. The van der Waals surface area contributed by atoms with Gasteiger partial charge in [-0.2, -0.15) is 5.26 Å². The van der Waals surface area contributed by atoms with E-state index in [0.717, 1.165) is 0 Å². The van der Waals surface area contributed by atoms with Crippen molar-refractivity contribution in [3.8, 4) is 6.07 Å². The monoisotopic (exact) mass is 195 g/mol. The van der Waals surface area contributed by atoms with Crippen LogP contribution in [-0.4, -0.2) is 14.2 Å². The van der Waals surface area contributed by atoms with Crippen LogP contribution >= 0.6 is 0 Å². The number of benzene rings is 1. The number of rotatable bonds is 2. The summed E-state index contributed by atoms with van der Waals surface area (Å²) >= 11 is 0. The van der Waals surface area contributed by atoms with Crippen molar-refractivity contribution in [3.05, 3.63) is 29.8 Å². The molecule has 0 saturated carbocycles. The van der Waals surface area contributed by atoms with Crippen molar-refractivity contribution in [2.75, 3.05) is 5.75 Å². The molecule has 0 fully saturated rings. The number of hydrogen-bond donors (Lipinski definition) is 0. The fraction of sp³-hybridized carbons (Fsp3) is 0.222. The predicted octanol–water partition coefficient (Wildman–Crippen LogP) is 1.29. The third-order valence-corrected chi connectivity index (χ3v) is 3.32. The second kappa shape index (κ2) is 3.58. The van der Waals surface area contributed by atoms with E-state index in [1.165, 1.54) is 6.07 Å². The quantitative estimate of drug-likeness (QED) is 0.714. The largest absolute Gasteiger partial charge is 0.223 e. The van der Waals surface area contributed by atoms with Gasteiger partial charge < -0.3 is 0 Å². The lowest BCUT2D eigenvalue weighted by Gasteiger charge is -2.02. The highest BCUT2D eigenvalue weighted by molar-refractivity contribution is 7.91. The highest BCUT2D eigenvalue weighted by atomic mass is 32.2. The summed E-state index contributed by atoms with van der Waals surface area (Å²) in [4.78, 5) is 0.247. The van der Waals surface area contributed by atoms with Gasteiger partial charge in [0.15, 0.2) is 9.84 Å². The number of sulfone groups is 1. The predicted molar refractivity (Wildman–Crippen MR) is 48.8 cm³/mol. The fourth-order valence-electron chi connectivity index (χ4n) is 1.07. The molecule has 0 saturated heterocycles. The van der Waals surface area contributed by atoms with Gasteiger partial charge in [-0.1, -0.05) is 18.2 Å². The summed E-state index contributed by atoms with van der Waals surface area (Å²) in [6.07, 6.45) is 0. The maximum Gasteiger partial charge on any atom is 0.191 e. The highest BCUT2D eigenvalue weighted by Gasteiger charge is 2.15. The molecule has 0 heterocycles. The van der Waals surface area contributed by atoms with Crippen LogP contribution in [0.2, 0.25) is 0 Å². The van der Waals surface area contributed by atoms with Gasteiger partial charge in [0.1, 0.15) is 5.75 Å². The Morgan fingerprint density at radius 1 is 1.38 bits per heavy atom. The van der Waals surface area contributed by atoms with Crippen molar-refractivity contribution in [3.63, 3.8) is 0 Å². The van der Waals surface area contributed by atoms with E-state index in [9.17, 15) is 8.42 Å². The molecule has 4 heteroatoms. The minimum Gasteiger partial charge on any atom is -0.223 e. The van der Waals surface area contributed by atoms with Crippen molar-refractivity contribution in [1.82, 2.24) is 0 Å². The van der Waals surface area contributed by atoms with Crippen LogP contribution in [0.15, 0.2) is 29.2 Å². The summed E-state index contributed by atoms with van der Waals surface area (Å²) in [6, 6.07) is 8.29. The molecule has 0 bridgehead atoms. The second-order valence-electron chi connectivity index (χ2n) is 2.68. The van der Waals surface area contributed by atoms with Crippen molar-refractivity contribution in [1.29, 1.82) is 5.26 Å². The molecule has 0 N–H and O–H groups in total. The van der Waals surface area contributed by atoms with Crippen molar-refractivity contribution < 1.29 is 8.42 Å². The average Bonchev–Trinajstić information content (AvgIpc) is 2.04. The Morgan fingerprint density at radius 2 is 2.00 bits per heavy atom. The zero-order chi connectivity index (χ0) is 9.90. The molecule has 68 valence electrons. The molecule has 0 radical (unpaired) electrons. The number of nitrogens with zero attached hydrogens (tertiary/aromatic N) is 1. The van der Waals surface area contributed by atoms with Gasteiger partial charge in [-0.3, -0.25) is 0 Å². The van der Waals surface area contributed by atoms with E-state index in [1.54, 1.807) is 31.2 Å². The molecule has 0 aromatic heterocycles. The molecule has 0 aliphatic carbocycles. The summed E-state index contributed by atoms with van der Waals surface area (Å²) < 4.78 is 22.9. The van der Waals surface area contributed by atoms with Gasteiger partial charge in [0, 0.05) is 0 Å². The minimum atomic E-state index is -3.40. The molecule has 0 unspecified atom stereocenters. The maximum atomic E-state index is 11.4. The van der Waals surface area contributed by atoms with Gasteiger partial charge in [-0.05, 0) is 18.6 Å². The first-order valence-electron chi connectivity index (χ1n) is 3.73. The lowest BCUT2D eigenvalue weighted by molar-refractivity contribution is 0.598. The van der Waals surface area contributed by atoms with Gasteiger partial charge in [0.2, 0.25) is 0 Å². The molecule has 0 spiro atoms. The Hall–Kier alpha value is -1.34. The summed E-state index contributed by atoms with van der Waals surface area (Å²) in [5, 5.41) is 8.32. The third kappa shape index (κ3) is 2.07. The molecule has 0 aliphatic heterocycles. The topological polar surface area (TPSA) is 57.9 Å². The molecular formula is C9H9NO2S. The smallest absolute Gasteiger partial charge is 0.191 e. The van der Waals surface area contributed by atoms with Gasteiger partial charge in [0.05, 0.1) is 11.0 Å². The van der Waals surface area contributed by atoms with Crippen LogP contribution in [0.1, 0.15) is 5.56 Å². The van der Waals surface area contributed by atoms with Crippen molar-refractivity contribution in [2.24, 2.45) is 0 Å². The third-order valence-electron chi connectivity index (χ3n) is 1.68. The average molecular weight is 195 g/mol. The van der Waals surface area contributed by atoms with E-state index < -0.39 is 15.6 Å². The SMILES string of the molecule is Cc1ccccc1S(=O)(=O)CC#N. The summed E-state index contributed by atoms with van der Waals surface area (Å²) in [5.41, 5.74) is 0.678. The van der Waals surface area contributed by atoms with Crippen LogP contribution in [0, 0.1) is 18.3 Å². The van der Waals surface area contributed by atoms with Crippen LogP contribution in [0.25, 0.3) is 0 Å². The van der Waals surface area contributed by atoms with Crippen LogP contribution < -0.4 is 0 Å². The molecule has 1 aromatic rings. The minimum absolute atomic E-state index is 0.247. The molecule has 0 amide bonds. The van der Waals surface area contributed by atoms with Crippen LogP contribution in [0.5, 0.6) is 0 Å². The fourth-order valence-corrected chi connectivity index (χ4v) is 2.24. The zero-order valence-corrected chi connectivity index (χ0v) is 8.00. The van der Waals surface area contributed by atoms with Gasteiger partial charge in [0.25, 0.3) is 0 Å². The van der Waals surface area contributed by atoms with E-state index in [-0.39, 0.29) is 4.90 Å². The van der Waals surface area contributed by atoms with E-state index in [1.807, 2.05) is 0 Å². The summed E-state index contributed by atoms with van der Waals surface area (Å²) in [5.74, 6) is -0.460.